The van der Waals surface area contributed by atoms with Crippen LogP contribution in [0.4, 0.5) is 0 Å². The first-order chi connectivity index (χ1) is 7.54. The molecule has 16 heavy (non-hydrogen) atoms. The number of nitriles is 1. The predicted octanol–water partition coefficient (Wildman–Crippen LogP) is 3.40. The highest BCUT2D eigenvalue weighted by Gasteiger charge is 2.18. The third kappa shape index (κ3) is 1.65. The molecular formula is C14H14N2. The van der Waals surface area contributed by atoms with Gasteiger partial charge in [0.1, 0.15) is 0 Å². The Morgan fingerprint density at radius 3 is 2.56 bits per heavy atom. The van der Waals surface area contributed by atoms with Crippen molar-refractivity contribution < 1.29 is 0 Å². The molecule has 0 fully saturated rings. The highest BCUT2D eigenvalue weighted by atomic mass is 14.7. The van der Waals surface area contributed by atoms with Crippen LogP contribution in [0.25, 0.3) is 10.9 Å². The number of nitrogens with zero attached hydrogens (tertiary/aromatic N) is 2. The van der Waals surface area contributed by atoms with Crippen molar-refractivity contribution in [3.63, 3.8) is 0 Å². The van der Waals surface area contributed by atoms with Crippen LogP contribution >= 0.6 is 0 Å². The van der Waals surface area contributed by atoms with Gasteiger partial charge in [-0.15, -0.1) is 0 Å². The second kappa shape index (κ2) is 3.61. The van der Waals surface area contributed by atoms with E-state index in [-0.39, 0.29) is 5.41 Å². The summed E-state index contributed by atoms with van der Waals surface area (Å²) in [5.74, 6) is 0. The average molecular weight is 210 g/mol. The molecule has 0 aliphatic heterocycles. The molecule has 0 bridgehead atoms. The number of pyridine rings is 1. The minimum atomic E-state index is 0.0423. The summed E-state index contributed by atoms with van der Waals surface area (Å²) in [4.78, 5) is 4.41. The van der Waals surface area contributed by atoms with E-state index in [1.807, 2.05) is 24.3 Å². The second-order valence-electron chi connectivity index (χ2n) is 4.92. The Morgan fingerprint density at radius 2 is 1.94 bits per heavy atom. The van der Waals surface area contributed by atoms with Gasteiger partial charge in [-0.05, 0) is 29.2 Å². The fourth-order valence-corrected chi connectivity index (χ4v) is 1.88. The monoisotopic (exact) mass is 210 g/mol. The molecule has 80 valence electrons. The number of benzene rings is 1. The van der Waals surface area contributed by atoms with E-state index >= 15 is 0 Å². The SMILES string of the molecule is CC(C)(C)c1ccc(C#N)c2cccnc12. The molecule has 0 aliphatic rings. The Bertz CT molecular complexity index is 571. The topological polar surface area (TPSA) is 36.7 Å². The maximum atomic E-state index is 9.05. The molecule has 2 rings (SSSR count). The van der Waals surface area contributed by atoms with Gasteiger partial charge in [-0.25, -0.2) is 0 Å². The normalized spacial score (nSPS) is 11.4. The van der Waals surface area contributed by atoms with Gasteiger partial charge >= 0.3 is 0 Å². The summed E-state index contributed by atoms with van der Waals surface area (Å²) >= 11 is 0. The quantitative estimate of drug-likeness (QED) is 0.668. The predicted molar refractivity (Wildman–Crippen MR) is 65.2 cm³/mol. The lowest BCUT2D eigenvalue weighted by atomic mass is 9.84. The van der Waals surface area contributed by atoms with Gasteiger partial charge in [0.05, 0.1) is 17.1 Å². The molecule has 2 aromatic rings. The first-order valence-electron chi connectivity index (χ1n) is 5.32. The Balaban J connectivity index is 2.87. The van der Waals surface area contributed by atoms with Crippen LogP contribution in [-0.2, 0) is 5.41 Å². The van der Waals surface area contributed by atoms with Crippen molar-refractivity contribution in [3.05, 3.63) is 41.6 Å². The van der Waals surface area contributed by atoms with Gasteiger partial charge < -0.3 is 0 Å². The van der Waals surface area contributed by atoms with Crippen LogP contribution in [0.3, 0.4) is 0 Å². The number of rotatable bonds is 0. The molecular weight excluding hydrogens is 196 g/mol. The maximum Gasteiger partial charge on any atom is 0.0998 e. The maximum absolute atomic E-state index is 9.05. The Morgan fingerprint density at radius 1 is 1.19 bits per heavy atom. The van der Waals surface area contributed by atoms with Crippen LogP contribution < -0.4 is 0 Å². The van der Waals surface area contributed by atoms with E-state index in [0.717, 1.165) is 10.9 Å². The fourth-order valence-electron chi connectivity index (χ4n) is 1.88. The fraction of sp³-hybridized carbons (Fsp3) is 0.286. The van der Waals surface area contributed by atoms with E-state index in [0.29, 0.717) is 5.56 Å². The van der Waals surface area contributed by atoms with Gasteiger partial charge in [0.2, 0.25) is 0 Å². The highest BCUT2D eigenvalue weighted by molar-refractivity contribution is 5.87. The summed E-state index contributed by atoms with van der Waals surface area (Å²) in [6, 6.07) is 9.92. The van der Waals surface area contributed by atoms with Crippen molar-refractivity contribution in [2.24, 2.45) is 0 Å². The van der Waals surface area contributed by atoms with E-state index in [1.54, 1.807) is 6.20 Å². The smallest absolute Gasteiger partial charge is 0.0998 e. The molecule has 0 atom stereocenters. The van der Waals surface area contributed by atoms with E-state index < -0.39 is 0 Å². The molecule has 0 amide bonds. The first-order valence-corrected chi connectivity index (χ1v) is 5.32. The van der Waals surface area contributed by atoms with Crippen LogP contribution in [0.15, 0.2) is 30.5 Å². The van der Waals surface area contributed by atoms with Crippen LogP contribution in [-0.4, -0.2) is 4.98 Å². The number of aromatic nitrogens is 1. The van der Waals surface area contributed by atoms with Crippen molar-refractivity contribution in [2.45, 2.75) is 26.2 Å². The Kier molecular flexibility index (Phi) is 2.40. The number of hydrogen-bond acceptors (Lipinski definition) is 2. The van der Waals surface area contributed by atoms with Crippen molar-refractivity contribution in [3.8, 4) is 6.07 Å². The first kappa shape index (κ1) is 10.6. The lowest BCUT2D eigenvalue weighted by Gasteiger charge is -2.20. The van der Waals surface area contributed by atoms with E-state index in [1.165, 1.54) is 5.56 Å². The van der Waals surface area contributed by atoms with Crippen molar-refractivity contribution in [2.75, 3.05) is 0 Å². The zero-order chi connectivity index (χ0) is 11.8. The third-order valence-corrected chi connectivity index (χ3v) is 2.70. The highest BCUT2D eigenvalue weighted by Crippen LogP contribution is 2.29. The van der Waals surface area contributed by atoms with E-state index in [4.69, 9.17) is 5.26 Å². The Hall–Kier alpha value is -1.88. The molecule has 0 unspecified atom stereocenters. The summed E-state index contributed by atoms with van der Waals surface area (Å²) in [6.45, 7) is 6.47. The van der Waals surface area contributed by atoms with Crippen LogP contribution in [0.1, 0.15) is 31.9 Å². The summed E-state index contributed by atoms with van der Waals surface area (Å²) in [5.41, 5.74) is 2.85. The van der Waals surface area contributed by atoms with Crippen LogP contribution in [0.5, 0.6) is 0 Å². The van der Waals surface area contributed by atoms with E-state index in [9.17, 15) is 0 Å². The van der Waals surface area contributed by atoms with Crippen molar-refractivity contribution in [1.29, 1.82) is 5.26 Å². The molecule has 1 aromatic carbocycles. The molecule has 0 aliphatic carbocycles. The summed E-state index contributed by atoms with van der Waals surface area (Å²) in [6.07, 6.45) is 1.78. The van der Waals surface area contributed by atoms with Gasteiger partial charge in [0.15, 0.2) is 0 Å². The van der Waals surface area contributed by atoms with Gasteiger partial charge in [-0.1, -0.05) is 26.8 Å². The van der Waals surface area contributed by atoms with Crippen LogP contribution in [0, 0.1) is 11.3 Å². The zero-order valence-electron chi connectivity index (χ0n) is 9.78. The van der Waals surface area contributed by atoms with Crippen LogP contribution in [0.2, 0.25) is 0 Å². The minimum absolute atomic E-state index is 0.0423. The molecule has 1 aromatic heterocycles. The molecule has 0 N–H and O–H groups in total. The van der Waals surface area contributed by atoms with Gasteiger partial charge in [-0.2, -0.15) is 5.26 Å². The molecule has 1 heterocycles. The third-order valence-electron chi connectivity index (χ3n) is 2.70. The van der Waals surface area contributed by atoms with Gasteiger partial charge in [0.25, 0.3) is 0 Å². The number of fused-ring (bicyclic) bond motifs is 1. The van der Waals surface area contributed by atoms with Gasteiger partial charge in [0, 0.05) is 11.6 Å². The van der Waals surface area contributed by atoms with Crippen molar-refractivity contribution >= 4 is 10.9 Å². The molecule has 0 saturated carbocycles. The molecule has 0 saturated heterocycles. The standard InChI is InChI=1S/C14H14N2/c1-14(2,3)12-7-6-10(9-15)11-5-4-8-16-13(11)12/h4-8H,1-3H3. The summed E-state index contributed by atoms with van der Waals surface area (Å²) in [7, 11) is 0. The molecule has 0 spiro atoms. The zero-order valence-corrected chi connectivity index (χ0v) is 9.78. The Labute approximate surface area is 95.6 Å². The largest absolute Gasteiger partial charge is 0.256 e. The summed E-state index contributed by atoms with van der Waals surface area (Å²) < 4.78 is 0. The van der Waals surface area contributed by atoms with Crippen molar-refractivity contribution in [1.82, 2.24) is 4.98 Å². The number of hydrogen-bond donors (Lipinski definition) is 0. The summed E-state index contributed by atoms with van der Waals surface area (Å²) in [5, 5.41) is 9.99. The lowest BCUT2D eigenvalue weighted by Crippen LogP contribution is -2.12. The molecule has 2 heteroatoms. The molecule has 2 nitrogen and oxygen atoms in total. The van der Waals surface area contributed by atoms with Gasteiger partial charge in [-0.3, -0.25) is 4.98 Å². The van der Waals surface area contributed by atoms with E-state index in [2.05, 4.69) is 31.8 Å². The molecule has 0 radical (unpaired) electrons. The second-order valence-corrected chi connectivity index (χ2v) is 4.92. The lowest BCUT2D eigenvalue weighted by molar-refractivity contribution is 0.594. The average Bonchev–Trinajstić information content (AvgIpc) is 2.26. The minimum Gasteiger partial charge on any atom is -0.256 e.